The van der Waals surface area contributed by atoms with Crippen LogP contribution in [0.25, 0.3) is 11.3 Å². The average Bonchev–Trinajstić information content (AvgIpc) is 3.27. The fourth-order valence-corrected chi connectivity index (χ4v) is 3.52. The van der Waals surface area contributed by atoms with Crippen LogP contribution in [0.4, 0.5) is 0 Å². The van der Waals surface area contributed by atoms with E-state index in [-0.39, 0.29) is 17.1 Å². The van der Waals surface area contributed by atoms with E-state index in [0.717, 1.165) is 11.3 Å². The van der Waals surface area contributed by atoms with Crippen molar-refractivity contribution in [3.05, 3.63) is 83.6 Å². The molecule has 0 radical (unpaired) electrons. The summed E-state index contributed by atoms with van der Waals surface area (Å²) in [5.74, 6) is 1.38. The molecule has 0 spiro atoms. The van der Waals surface area contributed by atoms with E-state index >= 15 is 0 Å². The SMILES string of the molecule is CCOC(=O)c1ccc(-c2ccc(C=NNC(=O)C(C)SCc3ccccc3)o2)cc1. The van der Waals surface area contributed by atoms with Gasteiger partial charge in [0.1, 0.15) is 11.5 Å². The number of nitrogens with one attached hydrogen (secondary N) is 1. The summed E-state index contributed by atoms with van der Waals surface area (Å²) in [4.78, 5) is 23.9. The molecule has 1 heterocycles. The molecule has 31 heavy (non-hydrogen) atoms. The highest BCUT2D eigenvalue weighted by Gasteiger charge is 2.13. The van der Waals surface area contributed by atoms with Gasteiger partial charge in [0.15, 0.2) is 0 Å². The maximum Gasteiger partial charge on any atom is 0.338 e. The number of thioether (sulfide) groups is 1. The number of benzene rings is 2. The normalized spacial score (nSPS) is 11.9. The molecule has 0 fully saturated rings. The number of hydrazone groups is 1. The van der Waals surface area contributed by atoms with Crippen LogP contribution in [0.15, 0.2) is 76.2 Å². The second-order valence-corrected chi connectivity index (χ2v) is 8.00. The Bertz CT molecular complexity index is 1030. The molecular weight excluding hydrogens is 412 g/mol. The van der Waals surface area contributed by atoms with Gasteiger partial charge in [0, 0.05) is 11.3 Å². The van der Waals surface area contributed by atoms with Crippen molar-refractivity contribution in [1.82, 2.24) is 5.43 Å². The summed E-state index contributed by atoms with van der Waals surface area (Å²) in [6, 6.07) is 20.5. The van der Waals surface area contributed by atoms with E-state index in [1.165, 1.54) is 11.8 Å². The molecule has 1 atom stereocenters. The molecule has 2 aromatic carbocycles. The third-order valence-corrected chi connectivity index (χ3v) is 5.60. The van der Waals surface area contributed by atoms with Crippen LogP contribution in [0.2, 0.25) is 0 Å². The fraction of sp³-hybridized carbons (Fsp3) is 0.208. The van der Waals surface area contributed by atoms with Crippen LogP contribution in [0, 0.1) is 0 Å². The van der Waals surface area contributed by atoms with E-state index in [1.54, 1.807) is 55.1 Å². The second kappa shape index (κ2) is 11.2. The van der Waals surface area contributed by atoms with Crippen molar-refractivity contribution in [2.24, 2.45) is 5.10 Å². The van der Waals surface area contributed by atoms with Gasteiger partial charge in [0.05, 0.1) is 23.6 Å². The van der Waals surface area contributed by atoms with Crippen LogP contribution in [0.1, 0.15) is 35.5 Å². The van der Waals surface area contributed by atoms with Gasteiger partial charge < -0.3 is 9.15 Å². The number of carbonyl (C=O) groups excluding carboxylic acids is 2. The number of ether oxygens (including phenoxy) is 1. The highest BCUT2D eigenvalue weighted by molar-refractivity contribution is 7.99. The van der Waals surface area contributed by atoms with E-state index in [2.05, 4.69) is 10.5 Å². The Morgan fingerprint density at radius 2 is 1.84 bits per heavy atom. The average molecular weight is 437 g/mol. The number of hydrogen-bond acceptors (Lipinski definition) is 6. The van der Waals surface area contributed by atoms with Crippen molar-refractivity contribution in [3.63, 3.8) is 0 Å². The lowest BCUT2D eigenvalue weighted by Crippen LogP contribution is -2.26. The maximum atomic E-state index is 12.2. The molecule has 6 nitrogen and oxygen atoms in total. The van der Waals surface area contributed by atoms with Crippen LogP contribution < -0.4 is 5.43 Å². The Balaban J connectivity index is 1.50. The van der Waals surface area contributed by atoms with Gasteiger partial charge in [0.25, 0.3) is 5.91 Å². The summed E-state index contributed by atoms with van der Waals surface area (Å²) in [5, 5.41) is 3.76. The topological polar surface area (TPSA) is 80.9 Å². The van der Waals surface area contributed by atoms with E-state index in [4.69, 9.17) is 9.15 Å². The van der Waals surface area contributed by atoms with Crippen LogP contribution in [-0.2, 0) is 15.3 Å². The highest BCUT2D eigenvalue weighted by atomic mass is 32.2. The Labute approximate surface area is 185 Å². The van der Waals surface area contributed by atoms with Crippen LogP contribution in [-0.4, -0.2) is 29.9 Å². The predicted octanol–water partition coefficient (Wildman–Crippen LogP) is 4.90. The van der Waals surface area contributed by atoms with Gasteiger partial charge in [-0.3, -0.25) is 4.79 Å². The first-order valence-corrected chi connectivity index (χ1v) is 11.0. The summed E-state index contributed by atoms with van der Waals surface area (Å²) in [7, 11) is 0. The number of hydrogen-bond donors (Lipinski definition) is 1. The molecule has 0 aliphatic carbocycles. The zero-order chi connectivity index (χ0) is 22.1. The van der Waals surface area contributed by atoms with Crippen molar-refractivity contribution in [2.75, 3.05) is 6.61 Å². The Hall–Kier alpha value is -3.32. The summed E-state index contributed by atoms with van der Waals surface area (Å²) < 4.78 is 10.7. The largest absolute Gasteiger partial charge is 0.462 e. The van der Waals surface area contributed by atoms with Crippen molar-refractivity contribution in [3.8, 4) is 11.3 Å². The number of nitrogens with zero attached hydrogens (tertiary/aromatic N) is 1. The molecule has 0 aliphatic heterocycles. The minimum Gasteiger partial charge on any atom is -0.462 e. The molecule has 0 saturated heterocycles. The summed E-state index contributed by atoms with van der Waals surface area (Å²) >= 11 is 1.55. The van der Waals surface area contributed by atoms with Gasteiger partial charge in [-0.15, -0.1) is 11.8 Å². The molecule has 1 amide bonds. The van der Waals surface area contributed by atoms with Gasteiger partial charge in [-0.1, -0.05) is 42.5 Å². The smallest absolute Gasteiger partial charge is 0.338 e. The van der Waals surface area contributed by atoms with Crippen molar-refractivity contribution in [1.29, 1.82) is 0 Å². The zero-order valence-electron chi connectivity index (χ0n) is 17.4. The van der Waals surface area contributed by atoms with Crippen LogP contribution in [0.3, 0.4) is 0 Å². The van der Waals surface area contributed by atoms with Gasteiger partial charge in [-0.2, -0.15) is 5.10 Å². The molecule has 0 bridgehead atoms. The van der Waals surface area contributed by atoms with Crippen molar-refractivity contribution >= 4 is 29.9 Å². The van der Waals surface area contributed by atoms with E-state index < -0.39 is 0 Å². The van der Waals surface area contributed by atoms with Crippen LogP contribution >= 0.6 is 11.8 Å². The molecule has 0 aliphatic rings. The molecular formula is C24H24N2O4S. The Morgan fingerprint density at radius 1 is 1.10 bits per heavy atom. The van der Waals surface area contributed by atoms with Crippen molar-refractivity contribution in [2.45, 2.75) is 24.9 Å². The molecule has 3 rings (SSSR count). The lowest BCUT2D eigenvalue weighted by molar-refractivity contribution is -0.120. The molecule has 7 heteroatoms. The lowest BCUT2D eigenvalue weighted by Gasteiger charge is -2.09. The Kier molecular flexibility index (Phi) is 8.06. The number of amides is 1. The first-order valence-electron chi connectivity index (χ1n) is 9.92. The fourth-order valence-electron chi connectivity index (χ4n) is 2.68. The highest BCUT2D eigenvalue weighted by Crippen LogP contribution is 2.22. The first-order chi connectivity index (χ1) is 15.1. The molecule has 1 unspecified atom stereocenters. The van der Waals surface area contributed by atoms with Gasteiger partial charge in [0.2, 0.25) is 0 Å². The van der Waals surface area contributed by atoms with Gasteiger partial charge in [-0.25, -0.2) is 10.2 Å². The standard InChI is InChI=1S/C24H24N2O4S/c1-3-29-24(28)20-11-9-19(10-12-20)22-14-13-21(30-22)15-25-26-23(27)17(2)31-16-18-7-5-4-6-8-18/h4-15,17H,3,16H2,1-2H3,(H,26,27). The van der Waals surface area contributed by atoms with E-state index in [0.29, 0.717) is 23.7 Å². The third kappa shape index (κ3) is 6.58. The molecule has 160 valence electrons. The summed E-state index contributed by atoms with van der Waals surface area (Å²) in [5.41, 5.74) is 5.03. The molecule has 1 aromatic heterocycles. The number of esters is 1. The second-order valence-electron chi connectivity index (χ2n) is 6.67. The summed E-state index contributed by atoms with van der Waals surface area (Å²) in [6.07, 6.45) is 1.46. The minimum absolute atomic E-state index is 0.168. The lowest BCUT2D eigenvalue weighted by atomic mass is 10.1. The molecule has 1 N–H and O–H groups in total. The summed E-state index contributed by atoms with van der Waals surface area (Å²) in [6.45, 7) is 3.96. The zero-order valence-corrected chi connectivity index (χ0v) is 18.2. The third-order valence-electron chi connectivity index (χ3n) is 4.39. The van der Waals surface area contributed by atoms with Gasteiger partial charge in [-0.05, 0) is 43.7 Å². The number of carbonyl (C=O) groups is 2. The first kappa shape index (κ1) is 22.4. The van der Waals surface area contributed by atoms with E-state index in [9.17, 15) is 9.59 Å². The molecule has 0 saturated carbocycles. The molecule has 3 aromatic rings. The number of rotatable bonds is 9. The predicted molar refractivity (Wildman–Crippen MR) is 123 cm³/mol. The van der Waals surface area contributed by atoms with Crippen LogP contribution in [0.5, 0.6) is 0 Å². The minimum atomic E-state index is -0.354. The maximum absolute atomic E-state index is 12.2. The van der Waals surface area contributed by atoms with E-state index in [1.807, 2.05) is 37.3 Å². The van der Waals surface area contributed by atoms with Crippen molar-refractivity contribution < 1.29 is 18.7 Å². The van der Waals surface area contributed by atoms with Gasteiger partial charge >= 0.3 is 5.97 Å². The monoisotopic (exact) mass is 436 g/mol. The Morgan fingerprint density at radius 3 is 2.55 bits per heavy atom. The number of furan rings is 1. The quantitative estimate of drug-likeness (QED) is 0.293.